The highest BCUT2D eigenvalue weighted by molar-refractivity contribution is 6.01. The SMILES string of the molecule is Cc1nccn1CCCOC(=O)c1cc(F)cc2n[nH]nc12. The molecule has 3 aromatic rings. The van der Waals surface area contributed by atoms with E-state index >= 15 is 0 Å². The van der Waals surface area contributed by atoms with Gasteiger partial charge in [0.1, 0.15) is 22.7 Å². The minimum absolute atomic E-state index is 0.0718. The number of hydrogen-bond donors (Lipinski definition) is 1. The Bertz CT molecular complexity index is 811. The maximum absolute atomic E-state index is 13.5. The van der Waals surface area contributed by atoms with Crippen molar-refractivity contribution in [3.63, 3.8) is 0 Å². The number of benzene rings is 1. The molecular formula is C14H14FN5O2. The van der Waals surface area contributed by atoms with E-state index in [9.17, 15) is 9.18 Å². The van der Waals surface area contributed by atoms with Crippen LogP contribution in [0.25, 0.3) is 11.0 Å². The molecule has 0 aliphatic heterocycles. The molecule has 22 heavy (non-hydrogen) atoms. The Morgan fingerprint density at radius 2 is 2.27 bits per heavy atom. The van der Waals surface area contributed by atoms with Crippen LogP contribution in [0.1, 0.15) is 22.6 Å². The number of hydrogen-bond acceptors (Lipinski definition) is 5. The summed E-state index contributed by atoms with van der Waals surface area (Å²) >= 11 is 0. The number of fused-ring (bicyclic) bond motifs is 1. The van der Waals surface area contributed by atoms with Crippen molar-refractivity contribution in [2.24, 2.45) is 0 Å². The van der Waals surface area contributed by atoms with E-state index in [1.54, 1.807) is 6.20 Å². The quantitative estimate of drug-likeness (QED) is 0.574. The standard InChI is InChI=1S/C14H14FN5O2/c1-9-16-3-5-20(9)4-2-6-22-14(21)11-7-10(15)8-12-13(11)18-19-17-12/h3,5,7-8H,2,4,6H2,1H3,(H,17,18,19). The smallest absolute Gasteiger partial charge is 0.340 e. The van der Waals surface area contributed by atoms with Gasteiger partial charge in [0.25, 0.3) is 0 Å². The molecular weight excluding hydrogens is 289 g/mol. The summed E-state index contributed by atoms with van der Waals surface area (Å²) in [5.74, 6) is -0.260. The molecule has 0 saturated heterocycles. The van der Waals surface area contributed by atoms with Crippen molar-refractivity contribution in [2.45, 2.75) is 19.9 Å². The number of aryl methyl sites for hydroxylation is 2. The molecule has 0 bridgehead atoms. The number of rotatable bonds is 5. The molecule has 8 heteroatoms. The second kappa shape index (κ2) is 5.92. The van der Waals surface area contributed by atoms with Crippen LogP contribution >= 0.6 is 0 Å². The van der Waals surface area contributed by atoms with Crippen molar-refractivity contribution < 1.29 is 13.9 Å². The Labute approximate surface area is 125 Å². The molecule has 0 amide bonds. The second-order valence-electron chi connectivity index (χ2n) is 4.80. The van der Waals surface area contributed by atoms with Gasteiger partial charge in [-0.2, -0.15) is 15.4 Å². The molecule has 0 radical (unpaired) electrons. The minimum Gasteiger partial charge on any atom is -0.462 e. The molecule has 2 heterocycles. The maximum atomic E-state index is 13.5. The minimum atomic E-state index is -0.610. The zero-order valence-electron chi connectivity index (χ0n) is 11.9. The van der Waals surface area contributed by atoms with E-state index < -0.39 is 11.8 Å². The monoisotopic (exact) mass is 303 g/mol. The van der Waals surface area contributed by atoms with E-state index in [0.29, 0.717) is 24.0 Å². The van der Waals surface area contributed by atoms with Crippen LogP contribution in [-0.2, 0) is 11.3 Å². The van der Waals surface area contributed by atoms with E-state index in [0.717, 1.165) is 11.9 Å². The first kappa shape index (κ1) is 14.2. The molecule has 2 aromatic heterocycles. The van der Waals surface area contributed by atoms with Gasteiger partial charge in [-0.05, 0) is 19.4 Å². The molecule has 0 spiro atoms. The van der Waals surface area contributed by atoms with E-state index in [1.165, 1.54) is 6.07 Å². The Hall–Kier alpha value is -2.77. The maximum Gasteiger partial charge on any atom is 0.340 e. The lowest BCUT2D eigenvalue weighted by molar-refractivity contribution is 0.0497. The summed E-state index contributed by atoms with van der Waals surface area (Å²) in [4.78, 5) is 16.2. The van der Waals surface area contributed by atoms with E-state index in [-0.39, 0.29) is 12.2 Å². The highest BCUT2D eigenvalue weighted by Gasteiger charge is 2.16. The third-order valence-corrected chi connectivity index (χ3v) is 3.31. The number of nitrogens with zero attached hydrogens (tertiary/aromatic N) is 4. The van der Waals surface area contributed by atoms with Crippen LogP contribution in [0, 0.1) is 12.7 Å². The largest absolute Gasteiger partial charge is 0.462 e. The first-order chi connectivity index (χ1) is 10.6. The molecule has 1 N–H and O–H groups in total. The van der Waals surface area contributed by atoms with Crippen molar-refractivity contribution >= 4 is 17.0 Å². The van der Waals surface area contributed by atoms with E-state index in [4.69, 9.17) is 4.74 Å². The third-order valence-electron chi connectivity index (χ3n) is 3.31. The third kappa shape index (κ3) is 2.80. The summed E-state index contributed by atoms with van der Waals surface area (Å²) in [7, 11) is 0. The number of carbonyl (C=O) groups is 1. The van der Waals surface area contributed by atoms with Crippen LogP contribution in [0.3, 0.4) is 0 Å². The average Bonchev–Trinajstić information content (AvgIpc) is 3.11. The summed E-state index contributed by atoms with van der Waals surface area (Å²) in [6.45, 7) is 2.83. The number of halogens is 1. The fourth-order valence-electron chi connectivity index (χ4n) is 2.19. The molecule has 3 rings (SSSR count). The van der Waals surface area contributed by atoms with Crippen molar-refractivity contribution in [3.8, 4) is 0 Å². The van der Waals surface area contributed by atoms with Crippen LogP contribution < -0.4 is 0 Å². The molecule has 114 valence electrons. The lowest BCUT2D eigenvalue weighted by Gasteiger charge is -2.07. The molecule has 0 unspecified atom stereocenters. The van der Waals surface area contributed by atoms with Gasteiger partial charge in [-0.15, -0.1) is 0 Å². The normalized spacial score (nSPS) is 11.0. The first-order valence-electron chi connectivity index (χ1n) is 6.80. The summed E-state index contributed by atoms with van der Waals surface area (Å²) < 4.78 is 20.6. The average molecular weight is 303 g/mol. The van der Waals surface area contributed by atoms with E-state index in [2.05, 4.69) is 20.4 Å². The molecule has 0 atom stereocenters. The van der Waals surface area contributed by atoms with Crippen molar-refractivity contribution in [3.05, 3.63) is 41.7 Å². The van der Waals surface area contributed by atoms with Crippen LogP contribution in [0.4, 0.5) is 4.39 Å². The van der Waals surface area contributed by atoms with Gasteiger partial charge in [0, 0.05) is 25.0 Å². The lowest BCUT2D eigenvalue weighted by atomic mass is 10.2. The van der Waals surface area contributed by atoms with E-state index in [1.807, 2.05) is 17.7 Å². The van der Waals surface area contributed by atoms with Gasteiger partial charge in [-0.3, -0.25) is 0 Å². The topological polar surface area (TPSA) is 85.7 Å². The predicted molar refractivity (Wildman–Crippen MR) is 75.7 cm³/mol. The Kier molecular flexibility index (Phi) is 3.82. The summed E-state index contributed by atoms with van der Waals surface area (Å²) in [5, 5.41) is 9.98. The van der Waals surface area contributed by atoms with Gasteiger partial charge in [-0.1, -0.05) is 0 Å². The second-order valence-corrected chi connectivity index (χ2v) is 4.80. The number of esters is 1. The Morgan fingerprint density at radius 3 is 3.05 bits per heavy atom. The van der Waals surface area contributed by atoms with Crippen LogP contribution in [-0.4, -0.2) is 37.5 Å². The number of aromatic amines is 1. The molecule has 0 aliphatic rings. The zero-order valence-corrected chi connectivity index (χ0v) is 11.9. The predicted octanol–water partition coefficient (Wildman–Crippen LogP) is 1.85. The highest BCUT2D eigenvalue weighted by atomic mass is 19.1. The first-order valence-corrected chi connectivity index (χ1v) is 6.80. The summed E-state index contributed by atoms with van der Waals surface area (Å²) in [6, 6.07) is 2.31. The molecule has 1 aromatic carbocycles. The fourth-order valence-corrected chi connectivity index (χ4v) is 2.19. The zero-order chi connectivity index (χ0) is 15.5. The molecule has 0 saturated carbocycles. The summed E-state index contributed by atoms with van der Waals surface area (Å²) in [5.41, 5.74) is 0.667. The van der Waals surface area contributed by atoms with Gasteiger partial charge in [0.15, 0.2) is 0 Å². The molecule has 0 fully saturated rings. The molecule has 7 nitrogen and oxygen atoms in total. The number of imidazole rings is 1. The number of ether oxygens (including phenoxy) is 1. The van der Waals surface area contributed by atoms with Crippen molar-refractivity contribution in [2.75, 3.05) is 6.61 Å². The Morgan fingerprint density at radius 1 is 1.41 bits per heavy atom. The summed E-state index contributed by atoms with van der Waals surface area (Å²) in [6.07, 6.45) is 4.22. The van der Waals surface area contributed by atoms with Crippen LogP contribution in [0.5, 0.6) is 0 Å². The number of aromatic nitrogens is 5. The van der Waals surface area contributed by atoms with Gasteiger partial charge >= 0.3 is 5.97 Å². The lowest BCUT2D eigenvalue weighted by Crippen LogP contribution is -2.10. The number of H-pyrrole nitrogens is 1. The molecule has 0 aliphatic carbocycles. The number of nitrogens with one attached hydrogen (secondary N) is 1. The van der Waals surface area contributed by atoms with Crippen molar-refractivity contribution in [1.29, 1.82) is 0 Å². The van der Waals surface area contributed by atoms with Gasteiger partial charge < -0.3 is 9.30 Å². The fraction of sp³-hybridized carbons (Fsp3) is 0.286. The van der Waals surface area contributed by atoms with Gasteiger partial charge in [0.2, 0.25) is 0 Å². The van der Waals surface area contributed by atoms with Crippen molar-refractivity contribution in [1.82, 2.24) is 25.0 Å². The van der Waals surface area contributed by atoms with Crippen LogP contribution in [0.2, 0.25) is 0 Å². The highest BCUT2D eigenvalue weighted by Crippen LogP contribution is 2.17. The number of carbonyl (C=O) groups excluding carboxylic acids is 1. The van der Waals surface area contributed by atoms with Crippen LogP contribution in [0.15, 0.2) is 24.5 Å². The Balaban J connectivity index is 1.62. The van der Waals surface area contributed by atoms with Gasteiger partial charge in [0.05, 0.1) is 12.2 Å². The van der Waals surface area contributed by atoms with Gasteiger partial charge in [-0.25, -0.2) is 14.2 Å².